The number of hydrogen-bond acceptors (Lipinski definition) is 10. The van der Waals surface area contributed by atoms with Gasteiger partial charge in [0.2, 0.25) is 0 Å². The van der Waals surface area contributed by atoms with E-state index in [-0.39, 0.29) is 68.9 Å². The number of carboxylic acids is 1. The molecule has 0 unspecified atom stereocenters. The molecule has 0 radical (unpaired) electrons. The Kier molecular flexibility index (Phi) is 23.2. The molecule has 11 heteroatoms. The summed E-state index contributed by atoms with van der Waals surface area (Å²) in [5.41, 5.74) is 0. The summed E-state index contributed by atoms with van der Waals surface area (Å²) in [6, 6.07) is 0. The van der Waals surface area contributed by atoms with Crippen LogP contribution < -0.4 is 34.7 Å². The minimum Gasteiger partial charge on any atom is -0.549 e. The molecule has 0 aliphatic carbocycles. The Labute approximate surface area is 219 Å². The fraction of sp³-hybridized carbons (Fsp3) is 0.818. The number of carbonyl (C=O) groups is 4. The van der Waals surface area contributed by atoms with Gasteiger partial charge in [0, 0.05) is 19.6 Å². The average molecular weight is 483 g/mol. The smallest absolute Gasteiger partial charge is 0.549 e. The first-order valence-electron chi connectivity index (χ1n) is 11.4. The second kappa shape index (κ2) is 22.6. The van der Waals surface area contributed by atoms with Crippen LogP contribution in [0.5, 0.6) is 0 Å². The van der Waals surface area contributed by atoms with Crippen molar-refractivity contribution in [3.05, 3.63) is 0 Å². The van der Waals surface area contributed by atoms with Crippen molar-refractivity contribution in [2.45, 2.75) is 59.3 Å². The van der Waals surface area contributed by atoms with Crippen LogP contribution in [0.2, 0.25) is 0 Å². The van der Waals surface area contributed by atoms with Crippen molar-refractivity contribution < 1.29 is 68.1 Å². The molecule has 186 valence electrons. The third-order valence-electron chi connectivity index (χ3n) is 4.43. The zero-order valence-corrected chi connectivity index (χ0v) is 22.8. The summed E-state index contributed by atoms with van der Waals surface area (Å²) < 4.78 is 15.4. The first-order chi connectivity index (χ1) is 15.3. The van der Waals surface area contributed by atoms with Crippen molar-refractivity contribution in [3.63, 3.8) is 0 Å². The SMILES string of the molecule is CCCCOC(=O)CN(CCN(CC(=O)OCCCC)CC(=O)OCCCC)CC(=O)[O-].[Na+]. The van der Waals surface area contributed by atoms with Crippen LogP contribution in [-0.2, 0) is 33.4 Å². The predicted octanol–water partition coefficient (Wildman–Crippen LogP) is -2.63. The van der Waals surface area contributed by atoms with E-state index in [0.717, 1.165) is 38.5 Å². The molecule has 0 aliphatic rings. The van der Waals surface area contributed by atoms with Crippen molar-refractivity contribution >= 4 is 23.9 Å². The minimum absolute atomic E-state index is 0. The molecule has 0 saturated carbocycles. The van der Waals surface area contributed by atoms with Crippen LogP contribution >= 0.6 is 0 Å². The summed E-state index contributed by atoms with van der Waals surface area (Å²) in [5, 5.41) is 11.1. The van der Waals surface area contributed by atoms with Crippen molar-refractivity contribution in [3.8, 4) is 0 Å². The number of hydrogen-bond donors (Lipinski definition) is 0. The standard InChI is InChI=1S/C22H40N2O8.Na/c1-4-7-12-30-20(27)16-23(15-19(25)26)10-11-24(17-21(28)31-13-8-5-2)18-22(29)32-14-9-6-3;/h4-18H2,1-3H3,(H,25,26);/q;+1/p-1. The van der Waals surface area contributed by atoms with E-state index >= 15 is 0 Å². The summed E-state index contributed by atoms with van der Waals surface area (Å²) in [6.45, 7) is 6.06. The summed E-state index contributed by atoms with van der Waals surface area (Å²) in [6.07, 6.45) is 4.84. The van der Waals surface area contributed by atoms with Crippen LogP contribution in [0.3, 0.4) is 0 Å². The molecular formula is C22H39N2NaO8. The maximum Gasteiger partial charge on any atom is 1.00 e. The summed E-state index contributed by atoms with van der Waals surface area (Å²) in [7, 11) is 0. The van der Waals surface area contributed by atoms with E-state index in [4.69, 9.17) is 14.2 Å². The Morgan fingerprint density at radius 3 is 1.18 bits per heavy atom. The third kappa shape index (κ3) is 21.1. The largest absolute Gasteiger partial charge is 1.00 e. The van der Waals surface area contributed by atoms with Gasteiger partial charge in [-0.3, -0.25) is 24.2 Å². The van der Waals surface area contributed by atoms with Gasteiger partial charge in [-0.15, -0.1) is 0 Å². The molecule has 0 fully saturated rings. The summed E-state index contributed by atoms with van der Waals surface area (Å²) in [5.74, 6) is -2.84. The zero-order valence-electron chi connectivity index (χ0n) is 20.8. The van der Waals surface area contributed by atoms with Gasteiger partial charge in [0.15, 0.2) is 0 Å². The normalized spacial score (nSPS) is 10.6. The van der Waals surface area contributed by atoms with Crippen molar-refractivity contribution in [1.82, 2.24) is 9.80 Å². The van der Waals surface area contributed by atoms with Gasteiger partial charge in [0.25, 0.3) is 0 Å². The van der Waals surface area contributed by atoms with E-state index in [1.165, 1.54) is 9.80 Å². The van der Waals surface area contributed by atoms with Crippen LogP contribution in [0, 0.1) is 0 Å². The van der Waals surface area contributed by atoms with E-state index in [1.807, 2.05) is 20.8 Å². The van der Waals surface area contributed by atoms with Gasteiger partial charge in [-0.25, -0.2) is 0 Å². The number of nitrogens with zero attached hydrogens (tertiary/aromatic N) is 2. The molecule has 0 saturated heterocycles. The Morgan fingerprint density at radius 2 is 0.909 bits per heavy atom. The molecule has 0 amide bonds. The molecule has 0 N–H and O–H groups in total. The Morgan fingerprint density at radius 1 is 0.606 bits per heavy atom. The first kappa shape index (κ1) is 34.0. The fourth-order valence-corrected chi connectivity index (χ4v) is 2.57. The molecule has 0 aliphatic heterocycles. The Hall–Kier alpha value is -1.20. The molecule has 0 aromatic rings. The number of ether oxygens (including phenoxy) is 3. The molecule has 33 heavy (non-hydrogen) atoms. The number of unbranched alkanes of at least 4 members (excludes halogenated alkanes) is 3. The van der Waals surface area contributed by atoms with Crippen LogP contribution in [0.25, 0.3) is 0 Å². The van der Waals surface area contributed by atoms with Crippen LogP contribution in [0.15, 0.2) is 0 Å². The number of carboxylic acid groups (broad SMARTS) is 1. The molecule has 0 atom stereocenters. The quantitative estimate of drug-likeness (QED) is 0.0788. The number of carbonyl (C=O) groups excluding carboxylic acids is 4. The minimum atomic E-state index is -1.34. The van der Waals surface area contributed by atoms with Crippen LogP contribution in [0.4, 0.5) is 0 Å². The van der Waals surface area contributed by atoms with E-state index in [0.29, 0.717) is 13.2 Å². The molecule has 10 nitrogen and oxygen atoms in total. The average Bonchev–Trinajstić information content (AvgIpc) is 2.72. The Bertz CT molecular complexity index is 539. The molecule has 0 rings (SSSR count). The molecular weight excluding hydrogens is 443 g/mol. The predicted molar refractivity (Wildman–Crippen MR) is 115 cm³/mol. The van der Waals surface area contributed by atoms with Gasteiger partial charge in [-0.2, -0.15) is 0 Å². The molecule has 0 bridgehead atoms. The topological polar surface area (TPSA) is 126 Å². The molecule has 0 heterocycles. The molecule has 0 aromatic heterocycles. The van der Waals surface area contributed by atoms with E-state index in [1.54, 1.807) is 0 Å². The maximum atomic E-state index is 12.1. The number of aliphatic carboxylic acids is 1. The van der Waals surface area contributed by atoms with Crippen molar-refractivity contribution in [2.24, 2.45) is 0 Å². The zero-order chi connectivity index (χ0) is 24.2. The number of esters is 3. The van der Waals surface area contributed by atoms with Crippen LogP contribution in [0.1, 0.15) is 59.3 Å². The van der Waals surface area contributed by atoms with Gasteiger partial charge in [0.1, 0.15) is 0 Å². The van der Waals surface area contributed by atoms with Gasteiger partial charge < -0.3 is 24.1 Å². The third-order valence-corrected chi connectivity index (χ3v) is 4.43. The molecule has 0 aromatic carbocycles. The Balaban J connectivity index is 0. The summed E-state index contributed by atoms with van der Waals surface area (Å²) >= 11 is 0. The van der Waals surface area contributed by atoms with Crippen molar-refractivity contribution in [2.75, 3.05) is 59.1 Å². The molecule has 0 spiro atoms. The van der Waals surface area contributed by atoms with E-state index in [2.05, 4.69) is 0 Å². The van der Waals surface area contributed by atoms with Gasteiger partial charge in [-0.1, -0.05) is 40.0 Å². The first-order valence-corrected chi connectivity index (χ1v) is 11.4. The maximum absolute atomic E-state index is 12.1. The second-order valence-corrected chi connectivity index (χ2v) is 7.52. The van der Waals surface area contributed by atoms with Gasteiger partial charge in [0.05, 0.1) is 45.4 Å². The fourth-order valence-electron chi connectivity index (χ4n) is 2.57. The van der Waals surface area contributed by atoms with Gasteiger partial charge >= 0.3 is 47.5 Å². The van der Waals surface area contributed by atoms with Gasteiger partial charge in [-0.05, 0) is 19.3 Å². The number of rotatable bonds is 20. The summed E-state index contributed by atoms with van der Waals surface area (Å²) in [4.78, 5) is 50.1. The van der Waals surface area contributed by atoms with E-state index < -0.39 is 30.4 Å². The van der Waals surface area contributed by atoms with Crippen molar-refractivity contribution in [1.29, 1.82) is 0 Å². The van der Waals surface area contributed by atoms with Crippen LogP contribution in [-0.4, -0.2) is 92.8 Å². The second-order valence-electron chi connectivity index (χ2n) is 7.52. The van der Waals surface area contributed by atoms with E-state index in [9.17, 15) is 24.3 Å². The monoisotopic (exact) mass is 482 g/mol.